The molecule has 20 heavy (non-hydrogen) atoms. The van der Waals surface area contributed by atoms with Gasteiger partial charge < -0.3 is 15.2 Å². The number of halogens is 1. The van der Waals surface area contributed by atoms with Crippen LogP contribution in [0.15, 0.2) is 24.3 Å². The van der Waals surface area contributed by atoms with E-state index in [0.717, 1.165) is 0 Å². The Balaban J connectivity index is 2.08. The van der Waals surface area contributed by atoms with Crippen LogP contribution < -0.4 is 5.32 Å². The summed E-state index contributed by atoms with van der Waals surface area (Å²) in [7, 11) is 0. The van der Waals surface area contributed by atoms with Crippen molar-refractivity contribution in [3.05, 3.63) is 35.6 Å². The summed E-state index contributed by atoms with van der Waals surface area (Å²) in [5, 5.41) is 11.6. The molecule has 1 saturated heterocycles. The Bertz CT molecular complexity index is 482. The minimum atomic E-state index is -1.03. The first-order valence-corrected chi connectivity index (χ1v) is 6.41. The van der Waals surface area contributed by atoms with Gasteiger partial charge in [0.05, 0.1) is 25.0 Å². The van der Waals surface area contributed by atoms with E-state index in [2.05, 4.69) is 5.32 Å². The predicted molar refractivity (Wildman–Crippen MR) is 68.5 cm³/mol. The number of hydrogen-bond donors (Lipinski definition) is 2. The number of rotatable bonds is 5. The summed E-state index contributed by atoms with van der Waals surface area (Å²) >= 11 is 0. The highest BCUT2D eigenvalue weighted by Crippen LogP contribution is 2.20. The Morgan fingerprint density at radius 3 is 2.65 bits per heavy atom. The van der Waals surface area contributed by atoms with Crippen LogP contribution in [0.25, 0.3) is 0 Å². The molecule has 1 aliphatic heterocycles. The Hall–Kier alpha value is -1.95. The molecule has 1 aromatic rings. The van der Waals surface area contributed by atoms with Crippen LogP contribution in [0.4, 0.5) is 4.39 Å². The highest BCUT2D eigenvalue weighted by molar-refractivity contribution is 5.80. The zero-order valence-corrected chi connectivity index (χ0v) is 10.8. The third-order valence-corrected chi connectivity index (χ3v) is 3.27. The number of aliphatic carboxylic acids is 1. The lowest BCUT2D eigenvalue weighted by atomic mass is 10.0. The van der Waals surface area contributed by atoms with Crippen molar-refractivity contribution >= 4 is 11.9 Å². The predicted octanol–water partition coefficient (Wildman–Crippen LogP) is 1.49. The maximum atomic E-state index is 12.9. The number of carboxylic acid groups (broad SMARTS) is 1. The highest BCUT2D eigenvalue weighted by atomic mass is 19.1. The van der Waals surface area contributed by atoms with Gasteiger partial charge in [0.25, 0.3) is 0 Å². The first-order chi connectivity index (χ1) is 9.56. The molecule has 0 aliphatic carbocycles. The van der Waals surface area contributed by atoms with Crippen molar-refractivity contribution in [2.24, 2.45) is 5.92 Å². The van der Waals surface area contributed by atoms with Crippen LogP contribution in [-0.4, -0.2) is 30.2 Å². The van der Waals surface area contributed by atoms with Crippen molar-refractivity contribution in [1.29, 1.82) is 0 Å². The molecule has 0 spiro atoms. The maximum Gasteiger partial charge on any atom is 0.305 e. The first-order valence-electron chi connectivity index (χ1n) is 6.41. The largest absolute Gasteiger partial charge is 0.481 e. The van der Waals surface area contributed by atoms with Gasteiger partial charge in [-0.3, -0.25) is 9.59 Å². The first kappa shape index (κ1) is 14.5. The number of hydrogen-bond acceptors (Lipinski definition) is 3. The van der Waals surface area contributed by atoms with Gasteiger partial charge in [0, 0.05) is 6.61 Å². The minimum absolute atomic E-state index is 0.224. The van der Waals surface area contributed by atoms with E-state index in [1.807, 2.05) is 0 Å². The smallest absolute Gasteiger partial charge is 0.305 e. The van der Waals surface area contributed by atoms with Gasteiger partial charge in [-0.05, 0) is 24.1 Å². The molecule has 1 heterocycles. The molecule has 5 nitrogen and oxygen atoms in total. The maximum absolute atomic E-state index is 12.9. The number of carboxylic acids is 1. The quantitative estimate of drug-likeness (QED) is 0.857. The van der Waals surface area contributed by atoms with E-state index in [1.165, 1.54) is 24.3 Å². The summed E-state index contributed by atoms with van der Waals surface area (Å²) in [4.78, 5) is 22.9. The van der Waals surface area contributed by atoms with Crippen LogP contribution in [-0.2, 0) is 14.3 Å². The van der Waals surface area contributed by atoms with Gasteiger partial charge in [0.1, 0.15) is 5.82 Å². The summed E-state index contributed by atoms with van der Waals surface area (Å²) in [6.45, 7) is 0.896. The molecule has 0 unspecified atom stereocenters. The van der Waals surface area contributed by atoms with E-state index < -0.39 is 17.8 Å². The molecule has 0 aromatic heterocycles. The lowest BCUT2D eigenvalue weighted by Gasteiger charge is -2.19. The van der Waals surface area contributed by atoms with Gasteiger partial charge in [-0.15, -0.1) is 0 Å². The summed E-state index contributed by atoms with van der Waals surface area (Å²) in [5.41, 5.74) is 0.570. The standard InChI is InChI=1S/C14H16FNO4/c15-11-3-1-9(2-4-11)12(7-13(17)18)16-14(19)10-5-6-20-8-10/h1-4,10,12H,5-8H2,(H,16,19)(H,17,18)/t10-,12-/m0/s1. The topological polar surface area (TPSA) is 75.6 Å². The summed E-state index contributed by atoms with van der Waals surface area (Å²) in [5.74, 6) is -1.90. The molecule has 2 N–H and O–H groups in total. The Morgan fingerprint density at radius 2 is 2.10 bits per heavy atom. The normalized spacial score (nSPS) is 19.6. The molecule has 1 amide bonds. The molecular formula is C14H16FNO4. The van der Waals surface area contributed by atoms with Crippen molar-refractivity contribution in [2.45, 2.75) is 18.9 Å². The number of benzene rings is 1. The number of nitrogens with one attached hydrogen (secondary N) is 1. The van der Waals surface area contributed by atoms with Gasteiger partial charge in [0.2, 0.25) is 5.91 Å². The monoisotopic (exact) mass is 281 g/mol. The Morgan fingerprint density at radius 1 is 1.40 bits per heavy atom. The van der Waals surface area contributed by atoms with Gasteiger partial charge >= 0.3 is 5.97 Å². The summed E-state index contributed by atoms with van der Waals surface area (Å²) < 4.78 is 18.0. The van der Waals surface area contributed by atoms with E-state index >= 15 is 0 Å². The Kier molecular flexibility index (Phi) is 4.68. The molecular weight excluding hydrogens is 265 g/mol. The zero-order chi connectivity index (χ0) is 14.5. The van der Waals surface area contributed by atoms with Gasteiger partial charge in [-0.2, -0.15) is 0 Å². The molecule has 1 fully saturated rings. The number of ether oxygens (including phenoxy) is 1. The fourth-order valence-corrected chi connectivity index (χ4v) is 2.15. The van der Waals surface area contributed by atoms with Crippen molar-refractivity contribution in [1.82, 2.24) is 5.32 Å². The SMILES string of the molecule is O=C(O)C[C@H](NC(=O)[C@H]1CCOC1)c1ccc(F)cc1. The van der Waals surface area contributed by atoms with Crippen molar-refractivity contribution in [3.63, 3.8) is 0 Å². The second kappa shape index (κ2) is 6.47. The highest BCUT2D eigenvalue weighted by Gasteiger charge is 2.26. The van der Waals surface area contributed by atoms with Crippen LogP contribution in [0, 0.1) is 11.7 Å². The molecule has 2 rings (SSSR count). The number of amides is 1. The van der Waals surface area contributed by atoms with E-state index in [-0.39, 0.29) is 18.2 Å². The molecule has 1 aromatic carbocycles. The summed E-state index contributed by atoms with van der Waals surface area (Å²) in [6, 6.07) is 4.79. The third kappa shape index (κ3) is 3.77. The molecule has 0 saturated carbocycles. The average Bonchev–Trinajstić information content (AvgIpc) is 2.92. The Labute approximate surface area is 115 Å². The number of carbonyl (C=O) groups is 2. The van der Waals surface area contributed by atoms with Gasteiger partial charge in [-0.1, -0.05) is 12.1 Å². The lowest BCUT2D eigenvalue weighted by molar-refractivity contribution is -0.137. The van der Waals surface area contributed by atoms with Crippen molar-refractivity contribution in [2.75, 3.05) is 13.2 Å². The van der Waals surface area contributed by atoms with E-state index in [9.17, 15) is 14.0 Å². The van der Waals surface area contributed by atoms with E-state index in [0.29, 0.717) is 25.2 Å². The number of carbonyl (C=O) groups excluding carboxylic acids is 1. The molecule has 1 aliphatic rings. The fourth-order valence-electron chi connectivity index (χ4n) is 2.15. The zero-order valence-electron chi connectivity index (χ0n) is 10.8. The van der Waals surface area contributed by atoms with Crippen molar-refractivity contribution < 1.29 is 23.8 Å². The van der Waals surface area contributed by atoms with Crippen LogP contribution >= 0.6 is 0 Å². The molecule has 0 radical (unpaired) electrons. The lowest BCUT2D eigenvalue weighted by Crippen LogP contribution is -2.35. The second-order valence-corrected chi connectivity index (χ2v) is 4.77. The van der Waals surface area contributed by atoms with E-state index in [4.69, 9.17) is 9.84 Å². The van der Waals surface area contributed by atoms with Crippen LogP contribution in [0.1, 0.15) is 24.4 Å². The fraction of sp³-hybridized carbons (Fsp3) is 0.429. The van der Waals surface area contributed by atoms with Gasteiger partial charge in [-0.25, -0.2) is 4.39 Å². The second-order valence-electron chi connectivity index (χ2n) is 4.77. The minimum Gasteiger partial charge on any atom is -0.481 e. The third-order valence-electron chi connectivity index (χ3n) is 3.27. The summed E-state index contributed by atoms with van der Waals surface area (Å²) in [6.07, 6.45) is 0.389. The molecule has 2 atom stereocenters. The molecule has 108 valence electrons. The van der Waals surface area contributed by atoms with Crippen LogP contribution in [0.2, 0.25) is 0 Å². The van der Waals surface area contributed by atoms with Crippen LogP contribution in [0.5, 0.6) is 0 Å². The van der Waals surface area contributed by atoms with Crippen LogP contribution in [0.3, 0.4) is 0 Å². The van der Waals surface area contributed by atoms with Gasteiger partial charge in [0.15, 0.2) is 0 Å². The van der Waals surface area contributed by atoms with Crippen molar-refractivity contribution in [3.8, 4) is 0 Å². The molecule has 6 heteroatoms. The molecule has 0 bridgehead atoms. The average molecular weight is 281 g/mol. The van der Waals surface area contributed by atoms with E-state index in [1.54, 1.807) is 0 Å².